The van der Waals surface area contributed by atoms with Gasteiger partial charge in [-0.05, 0) is 57.0 Å². The molecule has 2 heterocycles. The molecule has 0 spiro atoms. The van der Waals surface area contributed by atoms with Gasteiger partial charge < -0.3 is 10.6 Å². The van der Waals surface area contributed by atoms with E-state index in [9.17, 15) is 4.39 Å². The van der Waals surface area contributed by atoms with Crippen molar-refractivity contribution in [1.82, 2.24) is 20.5 Å². The first-order chi connectivity index (χ1) is 14.2. The van der Waals surface area contributed by atoms with Crippen LogP contribution in [0.1, 0.15) is 31.0 Å². The number of halogens is 2. The van der Waals surface area contributed by atoms with Crippen LogP contribution in [0.25, 0.3) is 0 Å². The first kappa shape index (κ1) is 24.5. The van der Waals surface area contributed by atoms with E-state index in [0.717, 1.165) is 69.2 Å². The average molecular weight is 525 g/mol. The molecule has 2 N–H and O–H groups in total. The number of nitrogens with zero attached hydrogens (tertiary/aromatic N) is 3. The van der Waals surface area contributed by atoms with Gasteiger partial charge in [0.15, 0.2) is 5.96 Å². The highest BCUT2D eigenvalue weighted by Crippen LogP contribution is 2.20. The Morgan fingerprint density at radius 3 is 2.60 bits per heavy atom. The van der Waals surface area contributed by atoms with Crippen LogP contribution in [0.4, 0.5) is 4.39 Å². The minimum atomic E-state index is -0.105. The Balaban J connectivity index is 0.00000320. The average Bonchev–Trinajstić information content (AvgIpc) is 2.75. The summed E-state index contributed by atoms with van der Waals surface area (Å²) >= 11 is 0. The second-order valence-corrected chi connectivity index (χ2v) is 7.53. The molecule has 1 aliphatic heterocycles. The van der Waals surface area contributed by atoms with Crippen molar-refractivity contribution in [2.45, 2.75) is 32.7 Å². The second kappa shape index (κ2) is 13.5. The van der Waals surface area contributed by atoms with Crippen LogP contribution in [-0.4, -0.2) is 48.6 Å². The van der Waals surface area contributed by atoms with Gasteiger partial charge in [0.1, 0.15) is 5.82 Å². The van der Waals surface area contributed by atoms with Crippen LogP contribution < -0.4 is 10.6 Å². The first-order valence-electron chi connectivity index (χ1n) is 10.6. The van der Waals surface area contributed by atoms with Gasteiger partial charge in [0, 0.05) is 50.1 Å². The van der Waals surface area contributed by atoms with Crippen molar-refractivity contribution >= 4 is 29.9 Å². The highest BCUT2D eigenvalue weighted by atomic mass is 127. The van der Waals surface area contributed by atoms with Crippen molar-refractivity contribution in [2.75, 3.05) is 32.7 Å². The van der Waals surface area contributed by atoms with Gasteiger partial charge in [-0.3, -0.25) is 14.9 Å². The molecule has 1 aliphatic rings. The van der Waals surface area contributed by atoms with Gasteiger partial charge in [0.2, 0.25) is 0 Å². The zero-order valence-corrected chi connectivity index (χ0v) is 20.0. The third-order valence-electron chi connectivity index (χ3n) is 5.31. The van der Waals surface area contributed by atoms with Gasteiger partial charge >= 0.3 is 0 Å². The van der Waals surface area contributed by atoms with Crippen molar-refractivity contribution in [3.05, 3.63) is 65.7 Å². The molecule has 0 radical (unpaired) electrons. The van der Waals surface area contributed by atoms with Gasteiger partial charge in [-0.1, -0.05) is 24.3 Å². The molecule has 1 fully saturated rings. The molecular weight excluding hydrogens is 492 g/mol. The standard InChI is InChI=1S/C23H32FN5.HI/c1-2-25-23(27-14-10-21-8-5-6-13-26-21)28-17-19-11-15-29(16-12-19)18-20-7-3-4-9-22(20)24;/h3-9,13,19H,2,10-12,14-18H2,1H3,(H2,25,27,28);1H. The maximum atomic E-state index is 13.9. The summed E-state index contributed by atoms with van der Waals surface area (Å²) in [5.41, 5.74) is 1.87. The lowest BCUT2D eigenvalue weighted by molar-refractivity contribution is 0.179. The summed E-state index contributed by atoms with van der Waals surface area (Å²) in [6, 6.07) is 13.1. The summed E-state index contributed by atoms with van der Waals surface area (Å²) < 4.78 is 13.9. The third-order valence-corrected chi connectivity index (χ3v) is 5.31. The predicted octanol–water partition coefficient (Wildman–Crippen LogP) is 3.85. The summed E-state index contributed by atoms with van der Waals surface area (Å²) in [4.78, 5) is 11.5. The molecule has 0 unspecified atom stereocenters. The predicted molar refractivity (Wildman–Crippen MR) is 132 cm³/mol. The Morgan fingerprint density at radius 2 is 1.90 bits per heavy atom. The molecule has 0 saturated carbocycles. The molecule has 1 aromatic carbocycles. The quantitative estimate of drug-likeness (QED) is 0.313. The van der Waals surface area contributed by atoms with Crippen molar-refractivity contribution < 1.29 is 4.39 Å². The summed E-state index contributed by atoms with van der Waals surface area (Å²) in [5.74, 6) is 1.35. The number of likely N-dealkylation sites (tertiary alicyclic amines) is 1. The Morgan fingerprint density at radius 1 is 1.13 bits per heavy atom. The normalized spacial score (nSPS) is 15.5. The van der Waals surface area contributed by atoms with E-state index < -0.39 is 0 Å². The maximum absolute atomic E-state index is 13.9. The Bertz CT molecular complexity index is 763. The van der Waals surface area contributed by atoms with Crippen LogP contribution in [0.3, 0.4) is 0 Å². The lowest BCUT2D eigenvalue weighted by Gasteiger charge is -2.31. The van der Waals surface area contributed by atoms with Gasteiger partial charge in [-0.2, -0.15) is 0 Å². The molecule has 3 rings (SSSR count). The molecular formula is C23H33FIN5. The largest absolute Gasteiger partial charge is 0.357 e. The van der Waals surface area contributed by atoms with E-state index in [2.05, 4.69) is 27.4 Å². The number of benzene rings is 1. The summed E-state index contributed by atoms with van der Waals surface area (Å²) in [7, 11) is 0. The number of pyridine rings is 1. The minimum Gasteiger partial charge on any atom is -0.357 e. The van der Waals surface area contributed by atoms with E-state index in [-0.39, 0.29) is 29.8 Å². The Hall–Kier alpha value is -1.74. The maximum Gasteiger partial charge on any atom is 0.191 e. The molecule has 30 heavy (non-hydrogen) atoms. The zero-order chi connectivity index (χ0) is 20.3. The van der Waals surface area contributed by atoms with Crippen LogP contribution in [0.2, 0.25) is 0 Å². The molecule has 1 saturated heterocycles. The number of aliphatic imine (C=N–C) groups is 1. The number of aromatic nitrogens is 1. The third kappa shape index (κ3) is 8.18. The van der Waals surface area contributed by atoms with E-state index in [1.54, 1.807) is 12.1 Å². The van der Waals surface area contributed by atoms with Crippen molar-refractivity contribution in [3.63, 3.8) is 0 Å². The molecule has 0 atom stereocenters. The zero-order valence-electron chi connectivity index (χ0n) is 17.7. The molecule has 0 aliphatic carbocycles. The number of hydrogen-bond acceptors (Lipinski definition) is 3. The monoisotopic (exact) mass is 525 g/mol. The van der Waals surface area contributed by atoms with Crippen LogP contribution in [0.15, 0.2) is 53.7 Å². The summed E-state index contributed by atoms with van der Waals surface area (Å²) in [6.45, 7) is 7.25. The van der Waals surface area contributed by atoms with Crippen LogP contribution in [0.5, 0.6) is 0 Å². The smallest absolute Gasteiger partial charge is 0.191 e. The minimum absolute atomic E-state index is 0. The fourth-order valence-corrected chi connectivity index (χ4v) is 3.61. The van der Waals surface area contributed by atoms with Crippen LogP contribution in [0, 0.1) is 11.7 Å². The van der Waals surface area contributed by atoms with Crippen molar-refractivity contribution in [3.8, 4) is 0 Å². The molecule has 7 heteroatoms. The van der Waals surface area contributed by atoms with Gasteiger partial charge in [-0.25, -0.2) is 4.39 Å². The number of rotatable bonds is 8. The van der Waals surface area contributed by atoms with Gasteiger partial charge in [-0.15, -0.1) is 24.0 Å². The highest BCUT2D eigenvalue weighted by molar-refractivity contribution is 14.0. The van der Waals surface area contributed by atoms with Crippen molar-refractivity contribution in [1.29, 1.82) is 0 Å². The molecule has 164 valence electrons. The van der Waals surface area contributed by atoms with E-state index in [0.29, 0.717) is 12.5 Å². The first-order valence-corrected chi connectivity index (χ1v) is 10.6. The number of hydrogen-bond donors (Lipinski definition) is 2. The number of guanidine groups is 1. The molecule has 5 nitrogen and oxygen atoms in total. The molecule has 2 aromatic rings. The lowest BCUT2D eigenvalue weighted by Crippen LogP contribution is -2.39. The van der Waals surface area contributed by atoms with E-state index >= 15 is 0 Å². The topological polar surface area (TPSA) is 52.6 Å². The Kier molecular flexibility index (Phi) is 11.1. The fraction of sp³-hybridized carbons (Fsp3) is 0.478. The lowest BCUT2D eigenvalue weighted by atomic mass is 9.96. The van der Waals surface area contributed by atoms with Gasteiger partial charge in [0.05, 0.1) is 0 Å². The Labute approximate surface area is 196 Å². The fourth-order valence-electron chi connectivity index (χ4n) is 3.61. The number of nitrogens with one attached hydrogen (secondary N) is 2. The summed E-state index contributed by atoms with van der Waals surface area (Å²) in [5, 5.41) is 6.73. The molecule has 0 bridgehead atoms. The SMILES string of the molecule is CCNC(=NCC1CCN(Cc2ccccc2F)CC1)NCCc1ccccn1.I. The summed E-state index contributed by atoms with van der Waals surface area (Å²) in [6.07, 6.45) is 4.91. The van der Waals surface area contributed by atoms with Crippen LogP contribution >= 0.6 is 24.0 Å². The molecule has 0 amide bonds. The number of piperidine rings is 1. The van der Waals surface area contributed by atoms with E-state index in [1.165, 1.54) is 0 Å². The van der Waals surface area contributed by atoms with Crippen LogP contribution in [-0.2, 0) is 13.0 Å². The second-order valence-electron chi connectivity index (χ2n) is 7.53. The molecule has 1 aromatic heterocycles. The highest BCUT2D eigenvalue weighted by Gasteiger charge is 2.20. The van der Waals surface area contributed by atoms with E-state index in [4.69, 9.17) is 4.99 Å². The van der Waals surface area contributed by atoms with Gasteiger partial charge in [0.25, 0.3) is 0 Å². The van der Waals surface area contributed by atoms with E-state index in [1.807, 2.05) is 36.5 Å². The van der Waals surface area contributed by atoms with Crippen molar-refractivity contribution in [2.24, 2.45) is 10.9 Å².